The monoisotopic (exact) mass is 275 g/mol. The van der Waals surface area contributed by atoms with E-state index in [1.165, 1.54) is 16.7 Å². The maximum absolute atomic E-state index is 12.9. The Hall–Kier alpha value is -2.17. The van der Waals surface area contributed by atoms with Gasteiger partial charge in [-0.05, 0) is 29.7 Å². The van der Waals surface area contributed by atoms with E-state index in [9.17, 15) is 9.18 Å². The van der Waals surface area contributed by atoms with Gasteiger partial charge in [-0.1, -0.05) is 20.8 Å². The molecule has 0 aliphatic rings. The second kappa shape index (κ2) is 5.07. The number of anilines is 2. The number of benzene rings is 1. The first kappa shape index (κ1) is 14.2. The van der Waals surface area contributed by atoms with E-state index in [2.05, 4.69) is 10.3 Å². The molecule has 0 bridgehead atoms. The molecule has 0 amide bonds. The Kier molecular flexibility index (Phi) is 3.61. The van der Waals surface area contributed by atoms with Gasteiger partial charge in [-0.25, -0.2) is 9.37 Å². The summed E-state index contributed by atoms with van der Waals surface area (Å²) in [7, 11) is 1.66. The molecule has 20 heavy (non-hydrogen) atoms. The normalized spacial score (nSPS) is 11.4. The van der Waals surface area contributed by atoms with Crippen LogP contribution in [0, 0.1) is 5.82 Å². The minimum absolute atomic E-state index is 0.0860. The van der Waals surface area contributed by atoms with Crippen molar-refractivity contribution in [2.45, 2.75) is 26.2 Å². The highest BCUT2D eigenvalue weighted by Crippen LogP contribution is 2.19. The molecule has 0 saturated carbocycles. The topological polar surface area (TPSA) is 46.9 Å². The van der Waals surface area contributed by atoms with Crippen molar-refractivity contribution in [3.63, 3.8) is 0 Å². The summed E-state index contributed by atoms with van der Waals surface area (Å²) in [5, 5.41) is 3.00. The Morgan fingerprint density at radius 3 is 2.35 bits per heavy atom. The van der Waals surface area contributed by atoms with Crippen molar-refractivity contribution in [1.82, 2.24) is 9.55 Å². The molecule has 106 valence electrons. The highest BCUT2D eigenvalue weighted by Gasteiger charge is 2.20. The van der Waals surface area contributed by atoms with Crippen LogP contribution in [0.15, 0.2) is 35.3 Å². The average Bonchev–Trinajstić information content (AvgIpc) is 2.36. The predicted molar refractivity (Wildman–Crippen MR) is 77.9 cm³/mol. The molecule has 1 heterocycles. The van der Waals surface area contributed by atoms with Crippen LogP contribution >= 0.6 is 0 Å². The van der Waals surface area contributed by atoms with Crippen molar-refractivity contribution in [3.8, 4) is 0 Å². The fourth-order valence-electron chi connectivity index (χ4n) is 1.84. The minimum Gasteiger partial charge on any atom is -0.326 e. The van der Waals surface area contributed by atoms with Crippen molar-refractivity contribution in [1.29, 1.82) is 0 Å². The summed E-state index contributed by atoms with van der Waals surface area (Å²) in [6.07, 6.45) is 1.59. The molecule has 0 unspecified atom stereocenters. The maximum atomic E-state index is 12.9. The second-order valence-electron chi connectivity index (χ2n) is 5.74. The number of rotatable bonds is 2. The van der Waals surface area contributed by atoms with Crippen LogP contribution < -0.4 is 10.9 Å². The van der Waals surface area contributed by atoms with Gasteiger partial charge >= 0.3 is 0 Å². The number of hydrogen-bond acceptors (Lipinski definition) is 3. The molecule has 1 aromatic carbocycles. The van der Waals surface area contributed by atoms with Crippen LogP contribution in [0.5, 0.6) is 0 Å². The van der Waals surface area contributed by atoms with Gasteiger partial charge in [0.05, 0.1) is 0 Å². The zero-order chi connectivity index (χ0) is 14.9. The van der Waals surface area contributed by atoms with Gasteiger partial charge in [-0.3, -0.25) is 9.36 Å². The molecule has 1 aromatic heterocycles. The van der Waals surface area contributed by atoms with E-state index in [1.807, 2.05) is 20.8 Å². The van der Waals surface area contributed by atoms with Crippen LogP contribution in [0.1, 0.15) is 26.3 Å². The maximum Gasteiger partial charge on any atom is 0.258 e. The first-order chi connectivity index (χ1) is 9.29. The molecule has 0 fully saturated rings. The van der Waals surface area contributed by atoms with E-state index in [1.54, 1.807) is 25.4 Å². The van der Waals surface area contributed by atoms with E-state index in [4.69, 9.17) is 0 Å². The largest absolute Gasteiger partial charge is 0.326 e. The van der Waals surface area contributed by atoms with E-state index in [-0.39, 0.29) is 16.8 Å². The lowest BCUT2D eigenvalue weighted by Crippen LogP contribution is -2.30. The third-order valence-corrected chi connectivity index (χ3v) is 3.08. The molecule has 0 radical (unpaired) electrons. The zero-order valence-electron chi connectivity index (χ0n) is 12.1. The first-order valence-electron chi connectivity index (χ1n) is 6.38. The Balaban J connectivity index is 2.37. The third-order valence-electron chi connectivity index (χ3n) is 3.08. The first-order valence-corrected chi connectivity index (χ1v) is 6.38. The SMILES string of the molecule is Cn1c(Nc2ccc(F)cc2)ncc(C(C)(C)C)c1=O. The third kappa shape index (κ3) is 2.87. The smallest absolute Gasteiger partial charge is 0.258 e. The van der Waals surface area contributed by atoms with Crippen molar-refractivity contribution < 1.29 is 4.39 Å². The van der Waals surface area contributed by atoms with Crippen LogP contribution in [0.4, 0.5) is 16.0 Å². The average molecular weight is 275 g/mol. The molecule has 0 spiro atoms. The summed E-state index contributed by atoms with van der Waals surface area (Å²) in [5.74, 6) is 0.120. The number of halogens is 1. The van der Waals surface area contributed by atoms with E-state index in [0.29, 0.717) is 17.2 Å². The van der Waals surface area contributed by atoms with Gasteiger partial charge in [0.25, 0.3) is 5.56 Å². The number of hydrogen-bond donors (Lipinski definition) is 1. The molecule has 0 aliphatic carbocycles. The lowest BCUT2D eigenvalue weighted by Gasteiger charge is -2.19. The number of aromatic nitrogens is 2. The summed E-state index contributed by atoms with van der Waals surface area (Å²) in [6, 6.07) is 5.90. The Morgan fingerprint density at radius 2 is 1.80 bits per heavy atom. The molecule has 0 saturated heterocycles. The molecule has 4 nitrogen and oxygen atoms in total. The molecule has 0 atom stereocenters. The molecular weight excluding hydrogens is 257 g/mol. The minimum atomic E-state index is -0.305. The van der Waals surface area contributed by atoms with Gasteiger partial charge in [0.2, 0.25) is 5.95 Å². The summed E-state index contributed by atoms with van der Waals surface area (Å²) in [5.41, 5.74) is 0.996. The summed E-state index contributed by atoms with van der Waals surface area (Å²) in [4.78, 5) is 16.6. The van der Waals surface area contributed by atoms with Gasteiger partial charge < -0.3 is 5.32 Å². The molecule has 0 aliphatic heterocycles. The molecular formula is C15H18FN3O. The Morgan fingerprint density at radius 1 is 1.20 bits per heavy atom. The molecule has 2 aromatic rings. The number of nitrogens with one attached hydrogen (secondary N) is 1. The van der Waals surface area contributed by atoms with Gasteiger partial charge in [0, 0.05) is 24.5 Å². The van der Waals surface area contributed by atoms with Gasteiger partial charge in [0.1, 0.15) is 5.82 Å². The van der Waals surface area contributed by atoms with Crippen molar-refractivity contribution in [3.05, 3.63) is 52.2 Å². The van der Waals surface area contributed by atoms with Gasteiger partial charge in [0.15, 0.2) is 0 Å². The zero-order valence-corrected chi connectivity index (χ0v) is 12.1. The van der Waals surface area contributed by atoms with Crippen LogP contribution in [-0.2, 0) is 12.5 Å². The fourth-order valence-corrected chi connectivity index (χ4v) is 1.84. The van der Waals surface area contributed by atoms with Crippen LogP contribution in [0.25, 0.3) is 0 Å². The van der Waals surface area contributed by atoms with E-state index >= 15 is 0 Å². The predicted octanol–water partition coefficient (Wildman–Crippen LogP) is 2.96. The van der Waals surface area contributed by atoms with Crippen molar-refractivity contribution >= 4 is 11.6 Å². The van der Waals surface area contributed by atoms with E-state index < -0.39 is 0 Å². The van der Waals surface area contributed by atoms with Crippen molar-refractivity contribution in [2.75, 3.05) is 5.32 Å². The highest BCUT2D eigenvalue weighted by atomic mass is 19.1. The number of nitrogens with zero attached hydrogens (tertiary/aromatic N) is 2. The van der Waals surface area contributed by atoms with Gasteiger partial charge in [-0.15, -0.1) is 0 Å². The quantitative estimate of drug-likeness (QED) is 0.916. The van der Waals surface area contributed by atoms with Gasteiger partial charge in [-0.2, -0.15) is 0 Å². The standard InChI is InChI=1S/C15H18FN3O/c1-15(2,3)12-9-17-14(19(4)13(12)20)18-11-7-5-10(16)6-8-11/h5-9H,1-4H3,(H,17,18). The second-order valence-corrected chi connectivity index (χ2v) is 5.74. The van der Waals surface area contributed by atoms with Crippen molar-refractivity contribution in [2.24, 2.45) is 7.05 Å². The molecule has 5 heteroatoms. The summed E-state index contributed by atoms with van der Waals surface area (Å²) in [6.45, 7) is 5.91. The molecule has 2 rings (SSSR count). The fraction of sp³-hybridized carbons (Fsp3) is 0.333. The highest BCUT2D eigenvalue weighted by molar-refractivity contribution is 5.53. The lowest BCUT2D eigenvalue weighted by molar-refractivity contribution is 0.569. The Labute approximate surface area is 117 Å². The van der Waals surface area contributed by atoms with E-state index in [0.717, 1.165) is 0 Å². The Bertz CT molecular complexity index is 669. The summed E-state index contributed by atoms with van der Waals surface area (Å²) < 4.78 is 14.3. The van der Waals surface area contributed by atoms with Crippen LogP contribution in [-0.4, -0.2) is 9.55 Å². The summed E-state index contributed by atoms with van der Waals surface area (Å²) >= 11 is 0. The van der Waals surface area contributed by atoms with Crippen LogP contribution in [0.2, 0.25) is 0 Å². The van der Waals surface area contributed by atoms with Crippen LogP contribution in [0.3, 0.4) is 0 Å². The molecule has 1 N–H and O–H groups in total. The lowest BCUT2D eigenvalue weighted by atomic mass is 9.89.